The lowest BCUT2D eigenvalue weighted by Crippen LogP contribution is -2.05. The van der Waals surface area contributed by atoms with Gasteiger partial charge in [0.05, 0.1) is 34.1 Å². The van der Waals surface area contributed by atoms with Gasteiger partial charge in [0, 0.05) is 10.5 Å². The van der Waals surface area contributed by atoms with E-state index in [1.807, 2.05) is 18.2 Å². The van der Waals surface area contributed by atoms with Crippen molar-refractivity contribution in [2.24, 2.45) is 0 Å². The summed E-state index contributed by atoms with van der Waals surface area (Å²) in [4.78, 5) is 12.8. The number of carbonyl (C=O) groups excluding carboxylic acids is 1. The predicted molar refractivity (Wildman–Crippen MR) is 87.1 cm³/mol. The molecule has 2 aliphatic rings. The van der Waals surface area contributed by atoms with E-state index < -0.39 is 5.97 Å². The van der Waals surface area contributed by atoms with Crippen molar-refractivity contribution >= 4 is 55.5 Å². The van der Waals surface area contributed by atoms with Crippen LogP contribution < -0.4 is 11.1 Å². The van der Waals surface area contributed by atoms with Crippen LogP contribution in [0.25, 0.3) is 10.6 Å². The maximum Gasteiger partial charge on any atom is 0.342 e. The number of methoxy groups -OCH3 is 1. The summed E-state index contributed by atoms with van der Waals surface area (Å²) >= 11 is 6.37. The third kappa shape index (κ3) is 2.33. The summed E-state index contributed by atoms with van der Waals surface area (Å²) in [6, 6.07) is 7.25. The quantitative estimate of drug-likeness (QED) is 0.427. The Labute approximate surface area is 133 Å². The number of nitrogens with zero attached hydrogens (tertiary/aromatic N) is 1. The van der Waals surface area contributed by atoms with Gasteiger partial charge >= 0.3 is 5.97 Å². The molecule has 1 aliphatic carbocycles. The van der Waals surface area contributed by atoms with E-state index in [0.29, 0.717) is 33.3 Å². The molecule has 1 heterocycles. The van der Waals surface area contributed by atoms with Crippen molar-refractivity contribution in [1.82, 2.24) is 4.37 Å². The molecular weight excluding hydrogens is 330 g/mol. The van der Waals surface area contributed by atoms with Crippen molar-refractivity contribution in [3.05, 3.63) is 34.9 Å². The van der Waals surface area contributed by atoms with E-state index in [9.17, 15) is 4.79 Å². The van der Waals surface area contributed by atoms with Gasteiger partial charge in [-0.05, 0) is 12.1 Å². The fourth-order valence-corrected chi connectivity index (χ4v) is 4.34. The zero-order valence-corrected chi connectivity index (χ0v) is 13.2. The first-order valence-electron chi connectivity index (χ1n) is 5.90. The Morgan fingerprint density at radius 3 is 2.90 bits per heavy atom. The first kappa shape index (κ1) is 14.1. The molecule has 1 aliphatic heterocycles. The number of nitrogens with one attached hydrogen (secondary N) is 1. The molecule has 0 radical (unpaired) electrons. The number of rotatable bonds is 3. The normalized spacial score (nSPS) is 10.8. The largest absolute Gasteiger partial charge is 0.465 e. The second-order valence-electron chi connectivity index (χ2n) is 4.19. The Morgan fingerprint density at radius 2 is 2.19 bits per heavy atom. The minimum atomic E-state index is -0.484. The Morgan fingerprint density at radius 1 is 1.43 bits per heavy atom. The van der Waals surface area contributed by atoms with E-state index >= 15 is 0 Å². The van der Waals surface area contributed by atoms with Gasteiger partial charge in [-0.25, -0.2) is 4.79 Å². The van der Waals surface area contributed by atoms with Crippen LogP contribution in [0.4, 0.5) is 17.1 Å². The van der Waals surface area contributed by atoms with Crippen LogP contribution >= 0.6 is 32.5 Å². The Bertz CT molecular complexity index is 784. The molecule has 21 heavy (non-hydrogen) atoms. The minimum absolute atomic E-state index is 0.332. The minimum Gasteiger partial charge on any atom is -0.465 e. The second kappa shape index (κ2) is 5.51. The second-order valence-corrected chi connectivity index (χ2v) is 6.43. The number of carbonyl (C=O) groups is 1. The highest BCUT2D eigenvalue weighted by Gasteiger charge is 2.31. The summed E-state index contributed by atoms with van der Waals surface area (Å²) in [7, 11) is 4.02. The molecule has 1 aromatic rings. The van der Waals surface area contributed by atoms with Gasteiger partial charge in [0.15, 0.2) is 0 Å². The molecule has 0 aromatic heterocycles. The lowest BCUT2D eigenvalue weighted by molar-refractivity contribution is 0.0603. The average molecular weight is 340 g/mol. The number of aromatic nitrogens is 1. The van der Waals surface area contributed by atoms with Gasteiger partial charge in [0.25, 0.3) is 0 Å². The SMILES string of the molecule is COC(=O)c1c2nssc-2c(Cl)c1Nc1ccccc1N. The van der Waals surface area contributed by atoms with E-state index in [2.05, 4.69) is 9.69 Å². The summed E-state index contributed by atoms with van der Waals surface area (Å²) in [6.07, 6.45) is 0. The predicted octanol–water partition coefficient (Wildman–Crippen LogP) is 4.08. The number of ether oxygens (including phenoxy) is 1. The first-order valence-corrected chi connectivity index (χ1v) is 8.38. The zero-order chi connectivity index (χ0) is 15.0. The van der Waals surface area contributed by atoms with Crippen LogP contribution in [-0.4, -0.2) is 17.5 Å². The number of nitrogens with two attached hydrogens (primary N) is 1. The molecule has 0 atom stereocenters. The average Bonchev–Trinajstić information content (AvgIpc) is 3.04. The topological polar surface area (TPSA) is 77.2 Å². The Balaban J connectivity index is 2.15. The van der Waals surface area contributed by atoms with Gasteiger partial charge in [0.1, 0.15) is 11.3 Å². The lowest BCUT2D eigenvalue weighted by Gasteiger charge is -2.10. The van der Waals surface area contributed by atoms with Crippen LogP contribution in [0.2, 0.25) is 5.02 Å². The highest BCUT2D eigenvalue weighted by atomic mass is 35.5. The van der Waals surface area contributed by atoms with E-state index in [1.165, 1.54) is 28.0 Å². The Kier molecular flexibility index (Phi) is 3.71. The number of benzene rings is 1. The number of hydrogen-bond acceptors (Lipinski definition) is 7. The van der Waals surface area contributed by atoms with Gasteiger partial charge in [-0.2, -0.15) is 4.37 Å². The first-order chi connectivity index (χ1) is 10.1. The monoisotopic (exact) mass is 339 g/mol. The van der Waals surface area contributed by atoms with Gasteiger partial charge < -0.3 is 15.8 Å². The van der Waals surface area contributed by atoms with Crippen LogP contribution in [-0.2, 0) is 4.74 Å². The summed E-state index contributed by atoms with van der Waals surface area (Å²) < 4.78 is 9.07. The Hall–Kier alpha value is -1.83. The smallest absolute Gasteiger partial charge is 0.342 e. The fourth-order valence-electron chi connectivity index (χ4n) is 1.98. The maximum absolute atomic E-state index is 12.1. The third-order valence-electron chi connectivity index (χ3n) is 2.98. The van der Waals surface area contributed by atoms with Crippen LogP contribution in [0.15, 0.2) is 24.3 Å². The lowest BCUT2D eigenvalue weighted by atomic mass is 10.2. The number of hydrogen-bond donors (Lipinski definition) is 2. The van der Waals surface area contributed by atoms with Crippen molar-refractivity contribution < 1.29 is 9.53 Å². The zero-order valence-electron chi connectivity index (χ0n) is 10.8. The number of fused-ring (bicyclic) bond motifs is 1. The number of para-hydroxylation sites is 2. The van der Waals surface area contributed by atoms with Crippen molar-refractivity contribution in [2.45, 2.75) is 0 Å². The van der Waals surface area contributed by atoms with Gasteiger partial charge in [0.2, 0.25) is 0 Å². The molecule has 8 heteroatoms. The molecule has 0 unspecified atom stereocenters. The standard InChI is InChI=1S/C13H10ClN3O2S2/c1-19-13(18)8-10(9(14)12-11(8)17-21-20-12)16-7-5-3-2-4-6(7)15/h2-5,16H,15H2,1H3. The summed E-state index contributed by atoms with van der Waals surface area (Å²) in [5.74, 6) is -0.484. The molecule has 1 aromatic carbocycles. The van der Waals surface area contributed by atoms with Crippen LogP contribution in [0.1, 0.15) is 10.4 Å². The fraction of sp³-hybridized carbons (Fsp3) is 0.0769. The molecule has 0 spiro atoms. The summed E-state index contributed by atoms with van der Waals surface area (Å²) in [5, 5.41) is 3.56. The molecule has 0 bridgehead atoms. The summed E-state index contributed by atoms with van der Waals surface area (Å²) in [6.45, 7) is 0. The van der Waals surface area contributed by atoms with E-state index in [1.54, 1.807) is 6.07 Å². The van der Waals surface area contributed by atoms with Crippen LogP contribution in [0, 0.1) is 0 Å². The molecule has 0 amide bonds. The van der Waals surface area contributed by atoms with Crippen molar-refractivity contribution in [3.8, 4) is 10.6 Å². The van der Waals surface area contributed by atoms with Crippen molar-refractivity contribution in [2.75, 3.05) is 18.2 Å². The number of anilines is 3. The van der Waals surface area contributed by atoms with Crippen LogP contribution in [0.3, 0.4) is 0 Å². The highest BCUT2D eigenvalue weighted by molar-refractivity contribution is 7.68. The third-order valence-corrected chi connectivity index (χ3v) is 5.31. The molecule has 0 saturated heterocycles. The molecule has 3 N–H and O–H groups in total. The molecule has 3 rings (SSSR count). The highest BCUT2D eigenvalue weighted by Crippen LogP contribution is 2.48. The molecule has 0 saturated carbocycles. The van der Waals surface area contributed by atoms with Crippen molar-refractivity contribution in [3.63, 3.8) is 0 Å². The number of nitrogen functional groups attached to an aromatic ring is 1. The molecule has 108 valence electrons. The van der Waals surface area contributed by atoms with Gasteiger partial charge in [-0.1, -0.05) is 34.1 Å². The van der Waals surface area contributed by atoms with Crippen molar-refractivity contribution in [1.29, 1.82) is 0 Å². The molecule has 5 nitrogen and oxygen atoms in total. The van der Waals surface area contributed by atoms with E-state index in [4.69, 9.17) is 22.1 Å². The van der Waals surface area contributed by atoms with E-state index in [0.717, 1.165) is 4.88 Å². The number of halogens is 1. The number of esters is 1. The molecule has 0 fully saturated rings. The maximum atomic E-state index is 12.1. The molecular formula is C13H10ClN3O2S2. The summed E-state index contributed by atoms with van der Waals surface area (Å²) in [5.41, 5.74) is 8.51. The van der Waals surface area contributed by atoms with Gasteiger partial charge in [-0.3, -0.25) is 0 Å². The van der Waals surface area contributed by atoms with Crippen LogP contribution in [0.5, 0.6) is 0 Å². The van der Waals surface area contributed by atoms with Gasteiger partial charge in [-0.15, -0.1) is 0 Å². The van der Waals surface area contributed by atoms with E-state index in [-0.39, 0.29) is 0 Å².